The predicted octanol–water partition coefficient (Wildman–Crippen LogP) is 1.94. The van der Waals surface area contributed by atoms with Crippen molar-refractivity contribution in [3.63, 3.8) is 0 Å². The van der Waals surface area contributed by atoms with Gasteiger partial charge in [0.25, 0.3) is 0 Å². The van der Waals surface area contributed by atoms with E-state index in [1.54, 1.807) is 0 Å². The molecule has 6 heteroatoms. The Bertz CT molecular complexity index is 542. The minimum Gasteiger partial charge on any atom is -0.354 e. The number of pyridine rings is 1. The predicted molar refractivity (Wildman–Crippen MR) is 91.0 cm³/mol. The number of carbonyl (C=O) groups is 1. The minimum atomic E-state index is -0.618. The normalized spacial score (nSPS) is 24.0. The lowest BCUT2D eigenvalue weighted by Gasteiger charge is -2.23. The lowest BCUT2D eigenvalue weighted by molar-refractivity contribution is -0.126. The van der Waals surface area contributed by atoms with Crippen molar-refractivity contribution >= 4 is 17.5 Å². The highest BCUT2D eigenvalue weighted by molar-refractivity contribution is 6.29. The summed E-state index contributed by atoms with van der Waals surface area (Å²) < 4.78 is 0. The Morgan fingerprint density at radius 2 is 2.22 bits per heavy atom. The van der Waals surface area contributed by atoms with Crippen LogP contribution in [-0.2, 0) is 11.3 Å². The third-order valence-electron chi connectivity index (χ3n) is 5.06. The van der Waals surface area contributed by atoms with E-state index in [1.807, 2.05) is 18.3 Å². The van der Waals surface area contributed by atoms with Gasteiger partial charge in [0.05, 0.1) is 5.54 Å². The monoisotopic (exact) mass is 336 g/mol. The third kappa shape index (κ3) is 4.22. The maximum absolute atomic E-state index is 12.3. The molecule has 0 bridgehead atoms. The van der Waals surface area contributed by atoms with Gasteiger partial charge >= 0.3 is 0 Å². The van der Waals surface area contributed by atoms with E-state index in [0.717, 1.165) is 58.3 Å². The van der Waals surface area contributed by atoms with Crippen molar-refractivity contribution in [2.45, 2.75) is 44.2 Å². The molecule has 0 aromatic carbocycles. The van der Waals surface area contributed by atoms with E-state index in [-0.39, 0.29) is 5.91 Å². The van der Waals surface area contributed by atoms with E-state index in [4.69, 9.17) is 17.3 Å². The van der Waals surface area contributed by atoms with Crippen LogP contribution in [0.1, 0.15) is 37.7 Å². The quantitative estimate of drug-likeness (QED) is 0.806. The summed E-state index contributed by atoms with van der Waals surface area (Å²) in [4.78, 5) is 18.8. The first-order chi connectivity index (χ1) is 11.0. The van der Waals surface area contributed by atoms with Crippen molar-refractivity contribution in [3.05, 3.63) is 29.0 Å². The molecular weight excluding hydrogens is 312 g/mol. The van der Waals surface area contributed by atoms with Crippen molar-refractivity contribution in [1.29, 1.82) is 0 Å². The Morgan fingerprint density at radius 1 is 1.43 bits per heavy atom. The van der Waals surface area contributed by atoms with E-state index >= 15 is 0 Å². The summed E-state index contributed by atoms with van der Waals surface area (Å²) in [6.45, 7) is 3.67. The second-order valence-corrected chi connectivity index (χ2v) is 7.34. The summed E-state index contributed by atoms with van der Waals surface area (Å²) in [6, 6.07) is 3.84. The fourth-order valence-corrected chi connectivity index (χ4v) is 3.74. The Labute approximate surface area is 142 Å². The molecule has 0 unspecified atom stereocenters. The molecular formula is C17H25ClN4O. The lowest BCUT2D eigenvalue weighted by Crippen LogP contribution is -2.52. The summed E-state index contributed by atoms with van der Waals surface area (Å²) in [5, 5.41) is 3.60. The maximum Gasteiger partial charge on any atom is 0.240 e. The molecule has 2 heterocycles. The molecule has 1 aliphatic heterocycles. The number of hydrogen-bond acceptors (Lipinski definition) is 4. The highest BCUT2D eigenvalue weighted by Crippen LogP contribution is 2.27. The first kappa shape index (κ1) is 16.7. The Kier molecular flexibility index (Phi) is 5.19. The number of halogens is 1. The molecule has 1 aliphatic carbocycles. The van der Waals surface area contributed by atoms with E-state index in [9.17, 15) is 4.79 Å². The second kappa shape index (κ2) is 7.16. The van der Waals surface area contributed by atoms with E-state index in [1.165, 1.54) is 5.56 Å². The molecule has 2 aliphatic rings. The number of nitrogens with two attached hydrogens (primary N) is 1. The zero-order valence-corrected chi connectivity index (χ0v) is 14.2. The molecule has 1 aromatic heterocycles. The summed E-state index contributed by atoms with van der Waals surface area (Å²) >= 11 is 5.81. The molecule has 2 fully saturated rings. The fraction of sp³-hybridized carbons (Fsp3) is 0.647. The van der Waals surface area contributed by atoms with Crippen molar-refractivity contribution in [1.82, 2.24) is 15.2 Å². The molecule has 1 atom stereocenters. The maximum atomic E-state index is 12.3. The molecule has 1 aromatic rings. The zero-order valence-electron chi connectivity index (χ0n) is 13.4. The number of rotatable bonds is 5. The van der Waals surface area contributed by atoms with Crippen LogP contribution in [0.4, 0.5) is 0 Å². The number of carbonyl (C=O) groups excluding carboxylic acids is 1. The summed E-state index contributed by atoms with van der Waals surface area (Å²) in [5.74, 6) is 0.541. The van der Waals surface area contributed by atoms with Crippen molar-refractivity contribution in [3.8, 4) is 0 Å². The van der Waals surface area contributed by atoms with E-state index < -0.39 is 5.54 Å². The lowest BCUT2D eigenvalue weighted by atomic mass is 9.97. The van der Waals surface area contributed by atoms with Crippen LogP contribution in [0.5, 0.6) is 0 Å². The Balaban J connectivity index is 1.43. The number of likely N-dealkylation sites (tertiary alicyclic amines) is 1. The van der Waals surface area contributed by atoms with Crippen LogP contribution in [0.15, 0.2) is 18.3 Å². The summed E-state index contributed by atoms with van der Waals surface area (Å²) in [6.07, 6.45) is 6.71. The van der Waals surface area contributed by atoms with Gasteiger partial charge in [-0.05, 0) is 43.4 Å². The molecule has 1 saturated carbocycles. The third-order valence-corrected chi connectivity index (χ3v) is 5.29. The van der Waals surface area contributed by atoms with E-state index in [2.05, 4.69) is 15.2 Å². The number of nitrogens with one attached hydrogen (secondary N) is 1. The first-order valence-electron chi connectivity index (χ1n) is 8.45. The van der Waals surface area contributed by atoms with Gasteiger partial charge < -0.3 is 11.1 Å². The SMILES string of the molecule is NC1(C(=O)NC[C@H]2CCN(Cc3ccc(Cl)nc3)C2)CCCC1. The minimum absolute atomic E-state index is 0.0374. The Morgan fingerprint density at radius 3 is 2.91 bits per heavy atom. The van der Waals surface area contributed by atoms with Crippen molar-refractivity contribution < 1.29 is 4.79 Å². The largest absolute Gasteiger partial charge is 0.354 e. The molecule has 126 valence electrons. The standard InChI is InChI=1S/C17H25ClN4O/c18-15-4-3-13(9-20-15)11-22-8-5-14(12-22)10-21-16(23)17(19)6-1-2-7-17/h3-4,9,14H,1-2,5-8,10-12,19H2,(H,21,23)/t14-/m1/s1. The second-order valence-electron chi connectivity index (χ2n) is 6.95. The summed E-state index contributed by atoms with van der Waals surface area (Å²) in [5.41, 5.74) is 6.74. The molecule has 23 heavy (non-hydrogen) atoms. The average Bonchev–Trinajstić information content (AvgIpc) is 3.17. The first-order valence-corrected chi connectivity index (χ1v) is 8.83. The highest BCUT2D eigenvalue weighted by Gasteiger charge is 2.37. The van der Waals surface area contributed by atoms with Crippen LogP contribution < -0.4 is 11.1 Å². The number of hydrogen-bond donors (Lipinski definition) is 2. The molecule has 5 nitrogen and oxygen atoms in total. The van der Waals surface area contributed by atoms with Crippen LogP contribution in [0.25, 0.3) is 0 Å². The van der Waals surface area contributed by atoms with Gasteiger partial charge in [-0.15, -0.1) is 0 Å². The van der Waals surface area contributed by atoms with E-state index in [0.29, 0.717) is 11.1 Å². The molecule has 3 rings (SSSR count). The molecule has 1 amide bonds. The molecule has 0 spiro atoms. The molecule has 0 radical (unpaired) electrons. The van der Waals surface area contributed by atoms with Crippen molar-refractivity contribution in [2.24, 2.45) is 11.7 Å². The van der Waals surface area contributed by atoms with Gasteiger partial charge in [0, 0.05) is 25.8 Å². The average molecular weight is 337 g/mol. The number of nitrogens with zero attached hydrogens (tertiary/aromatic N) is 2. The van der Waals surface area contributed by atoms with Gasteiger partial charge in [-0.2, -0.15) is 0 Å². The van der Waals surface area contributed by atoms with Crippen molar-refractivity contribution in [2.75, 3.05) is 19.6 Å². The van der Waals surface area contributed by atoms with Crippen LogP contribution in [-0.4, -0.2) is 41.0 Å². The van der Waals surface area contributed by atoms with Gasteiger partial charge in [-0.25, -0.2) is 4.98 Å². The van der Waals surface area contributed by atoms with Crippen LogP contribution in [0.2, 0.25) is 5.15 Å². The fourth-order valence-electron chi connectivity index (χ4n) is 3.63. The topological polar surface area (TPSA) is 71.2 Å². The van der Waals surface area contributed by atoms with Gasteiger partial charge in [-0.1, -0.05) is 30.5 Å². The van der Waals surface area contributed by atoms with Crippen LogP contribution >= 0.6 is 11.6 Å². The number of aromatic nitrogens is 1. The highest BCUT2D eigenvalue weighted by atomic mass is 35.5. The number of amides is 1. The van der Waals surface area contributed by atoms with Crippen LogP contribution in [0, 0.1) is 5.92 Å². The molecule has 3 N–H and O–H groups in total. The summed E-state index contributed by atoms with van der Waals surface area (Å²) in [7, 11) is 0. The smallest absolute Gasteiger partial charge is 0.240 e. The van der Waals surface area contributed by atoms with Gasteiger partial charge in [0.2, 0.25) is 5.91 Å². The Hall–Kier alpha value is -1.17. The van der Waals surface area contributed by atoms with Gasteiger partial charge in [-0.3, -0.25) is 9.69 Å². The van der Waals surface area contributed by atoms with Gasteiger partial charge in [0.15, 0.2) is 0 Å². The van der Waals surface area contributed by atoms with Crippen LogP contribution in [0.3, 0.4) is 0 Å². The zero-order chi connectivity index (χ0) is 16.3. The molecule has 1 saturated heterocycles. The van der Waals surface area contributed by atoms with Gasteiger partial charge in [0.1, 0.15) is 5.15 Å².